The number of hydrogen-bond donors (Lipinski definition) is 3. The molecule has 0 rings (SSSR count). The predicted molar refractivity (Wildman–Crippen MR) is 130 cm³/mol. The minimum atomic E-state index is -0.865. The number of carboxylic acid groups (broad SMARTS) is 1. The van der Waals surface area contributed by atoms with Crippen LogP contribution >= 0.6 is 0 Å². The number of hydrogen-bond acceptors (Lipinski definition) is 7. The Bertz CT molecular complexity index is 609. The molecule has 1 atom stereocenters. The first kappa shape index (κ1) is 33.7. The number of nitrogens with one attached hydrogen (secondary N) is 2. The Morgan fingerprint density at radius 3 is 1.59 bits per heavy atom. The highest BCUT2D eigenvalue weighted by atomic mass is 16.6. The van der Waals surface area contributed by atoms with E-state index in [4.69, 9.17) is 19.3 Å². The molecule has 3 N–H and O–H groups in total. The Morgan fingerprint density at radius 1 is 0.794 bits per heavy atom. The summed E-state index contributed by atoms with van der Waals surface area (Å²) in [5.74, 6) is -1.06. The van der Waals surface area contributed by atoms with Gasteiger partial charge in [-0.15, -0.1) is 0 Å². The van der Waals surface area contributed by atoms with Crippen molar-refractivity contribution < 1.29 is 38.5 Å². The lowest BCUT2D eigenvalue weighted by Crippen LogP contribution is -2.33. The van der Waals surface area contributed by atoms with E-state index in [0.29, 0.717) is 32.4 Å². The second-order valence-electron chi connectivity index (χ2n) is 9.77. The van der Waals surface area contributed by atoms with Gasteiger partial charge in [0.2, 0.25) is 0 Å². The maximum Gasteiger partial charge on any atom is 0.407 e. The third-order valence-corrected chi connectivity index (χ3v) is 3.83. The molecule has 10 heteroatoms. The molecule has 0 fully saturated rings. The smallest absolute Gasteiger partial charge is 0.407 e. The van der Waals surface area contributed by atoms with Gasteiger partial charge in [0.1, 0.15) is 17.3 Å². The molecule has 34 heavy (non-hydrogen) atoms. The van der Waals surface area contributed by atoms with Crippen molar-refractivity contribution in [2.45, 2.75) is 118 Å². The average Bonchev–Trinajstić information content (AvgIpc) is 2.66. The number of aliphatic carboxylic acids is 1. The van der Waals surface area contributed by atoms with E-state index in [2.05, 4.69) is 17.6 Å². The molecular formula is C24H46N2O8. The van der Waals surface area contributed by atoms with Gasteiger partial charge in [0.25, 0.3) is 0 Å². The van der Waals surface area contributed by atoms with Gasteiger partial charge in [-0.2, -0.15) is 0 Å². The molecule has 0 radical (unpaired) electrons. The van der Waals surface area contributed by atoms with Gasteiger partial charge in [-0.05, 0) is 67.2 Å². The average molecular weight is 491 g/mol. The highest BCUT2D eigenvalue weighted by molar-refractivity contribution is 5.70. The zero-order chi connectivity index (χ0) is 26.8. The van der Waals surface area contributed by atoms with Gasteiger partial charge in [-0.1, -0.05) is 20.3 Å². The van der Waals surface area contributed by atoms with Crippen molar-refractivity contribution in [2.24, 2.45) is 0 Å². The Morgan fingerprint density at radius 2 is 1.24 bits per heavy atom. The fourth-order valence-electron chi connectivity index (χ4n) is 2.39. The lowest BCUT2D eigenvalue weighted by molar-refractivity contribution is -0.149. The van der Waals surface area contributed by atoms with Crippen LogP contribution in [0.25, 0.3) is 0 Å². The van der Waals surface area contributed by atoms with Crippen molar-refractivity contribution in [3.8, 4) is 0 Å². The first-order valence-electron chi connectivity index (χ1n) is 11.9. The zero-order valence-electron chi connectivity index (χ0n) is 22.2. The van der Waals surface area contributed by atoms with Crippen LogP contribution in [0, 0.1) is 0 Å². The fourth-order valence-corrected chi connectivity index (χ4v) is 2.39. The minimum Gasteiger partial charge on any atom is -0.481 e. The zero-order valence-corrected chi connectivity index (χ0v) is 22.2. The van der Waals surface area contributed by atoms with Crippen molar-refractivity contribution in [2.75, 3.05) is 13.1 Å². The van der Waals surface area contributed by atoms with E-state index in [0.717, 1.165) is 19.3 Å². The van der Waals surface area contributed by atoms with Crippen LogP contribution in [0.1, 0.15) is 100 Å². The van der Waals surface area contributed by atoms with E-state index in [1.807, 2.05) is 27.7 Å². The lowest BCUT2D eigenvalue weighted by Gasteiger charge is -2.19. The number of esters is 1. The SMILES string of the molecule is CC(C)(C)OC(=O)NCCCC(=O)O.CCCC(CC)OC(=O)CCCNC(=O)OC(C)(C)C. The van der Waals surface area contributed by atoms with E-state index in [9.17, 15) is 19.2 Å². The van der Waals surface area contributed by atoms with Gasteiger partial charge in [0.05, 0.1) is 0 Å². The molecule has 0 aromatic carbocycles. The predicted octanol–water partition coefficient (Wildman–Crippen LogP) is 4.79. The van der Waals surface area contributed by atoms with Crippen molar-refractivity contribution in [1.82, 2.24) is 10.6 Å². The number of rotatable bonds is 12. The molecule has 2 amide bonds. The first-order chi connectivity index (χ1) is 15.6. The fraction of sp³-hybridized carbons (Fsp3) is 0.833. The van der Waals surface area contributed by atoms with Crippen LogP contribution in [-0.4, -0.2) is 59.6 Å². The Hall–Kier alpha value is -2.52. The number of alkyl carbamates (subject to hydrolysis) is 2. The highest BCUT2D eigenvalue weighted by Gasteiger charge is 2.16. The molecule has 0 saturated carbocycles. The van der Waals surface area contributed by atoms with Crippen LogP contribution in [0.4, 0.5) is 9.59 Å². The number of carbonyl (C=O) groups is 4. The summed E-state index contributed by atoms with van der Waals surface area (Å²) in [6.45, 7) is 15.5. The Balaban J connectivity index is 0. The van der Waals surface area contributed by atoms with E-state index in [1.165, 1.54) is 0 Å². The molecule has 0 aromatic rings. The summed E-state index contributed by atoms with van der Waals surface area (Å²) < 4.78 is 15.4. The van der Waals surface area contributed by atoms with E-state index in [1.54, 1.807) is 20.8 Å². The molecule has 200 valence electrons. The largest absolute Gasteiger partial charge is 0.481 e. The summed E-state index contributed by atoms with van der Waals surface area (Å²) in [4.78, 5) is 44.1. The molecule has 0 aliphatic carbocycles. The van der Waals surface area contributed by atoms with Crippen molar-refractivity contribution in [3.05, 3.63) is 0 Å². The quantitative estimate of drug-likeness (QED) is 0.201. The highest BCUT2D eigenvalue weighted by Crippen LogP contribution is 2.09. The third kappa shape index (κ3) is 25.7. The second-order valence-corrected chi connectivity index (χ2v) is 9.77. The molecule has 10 nitrogen and oxygen atoms in total. The number of carbonyl (C=O) groups excluding carboxylic acids is 3. The van der Waals surface area contributed by atoms with Crippen LogP contribution in [-0.2, 0) is 23.8 Å². The summed E-state index contributed by atoms with van der Waals surface area (Å²) in [6.07, 6.45) is 3.14. The molecular weight excluding hydrogens is 444 g/mol. The maximum absolute atomic E-state index is 11.6. The van der Waals surface area contributed by atoms with Gasteiger partial charge in [0, 0.05) is 25.9 Å². The molecule has 0 spiro atoms. The number of carboxylic acids is 1. The summed E-state index contributed by atoms with van der Waals surface area (Å²) in [6, 6.07) is 0. The summed E-state index contributed by atoms with van der Waals surface area (Å²) in [5.41, 5.74) is -1.02. The van der Waals surface area contributed by atoms with Gasteiger partial charge < -0.3 is 30.0 Å². The minimum absolute atomic E-state index is 0.0197. The molecule has 0 aliphatic heterocycles. The first-order valence-corrected chi connectivity index (χ1v) is 11.9. The summed E-state index contributed by atoms with van der Waals surface area (Å²) in [5, 5.41) is 13.4. The van der Waals surface area contributed by atoms with Crippen molar-refractivity contribution in [3.63, 3.8) is 0 Å². The Labute approximate surface area is 204 Å². The molecule has 0 bridgehead atoms. The third-order valence-electron chi connectivity index (χ3n) is 3.83. The molecule has 0 heterocycles. The van der Waals surface area contributed by atoms with E-state index >= 15 is 0 Å². The van der Waals surface area contributed by atoms with Crippen LogP contribution in [0.3, 0.4) is 0 Å². The lowest BCUT2D eigenvalue weighted by atomic mass is 10.1. The van der Waals surface area contributed by atoms with Gasteiger partial charge in [0.15, 0.2) is 0 Å². The summed E-state index contributed by atoms with van der Waals surface area (Å²) >= 11 is 0. The normalized spacial score (nSPS) is 11.9. The van der Waals surface area contributed by atoms with Crippen LogP contribution < -0.4 is 10.6 Å². The van der Waals surface area contributed by atoms with Gasteiger partial charge in [-0.3, -0.25) is 9.59 Å². The van der Waals surface area contributed by atoms with E-state index in [-0.39, 0.29) is 18.5 Å². The molecule has 0 aliphatic rings. The molecule has 0 saturated heterocycles. The standard InChI is InChI=1S/C15H29NO4.C9H17NO4/c1-6-9-12(7-2)19-13(17)10-8-11-16-14(18)20-15(3,4)5;1-9(2,3)14-8(13)10-6-4-5-7(11)12/h12H,6-11H2,1-5H3,(H,16,18);4-6H2,1-3H3,(H,10,13)(H,11,12). The van der Waals surface area contributed by atoms with E-state index < -0.39 is 29.4 Å². The maximum atomic E-state index is 11.6. The van der Waals surface area contributed by atoms with Crippen LogP contribution in [0.5, 0.6) is 0 Å². The van der Waals surface area contributed by atoms with Gasteiger partial charge >= 0.3 is 24.1 Å². The van der Waals surface area contributed by atoms with Crippen molar-refractivity contribution >= 4 is 24.1 Å². The van der Waals surface area contributed by atoms with Crippen LogP contribution in [0.2, 0.25) is 0 Å². The molecule has 0 aromatic heterocycles. The monoisotopic (exact) mass is 490 g/mol. The molecule has 1 unspecified atom stereocenters. The number of ether oxygens (including phenoxy) is 3. The number of amides is 2. The second kappa shape index (κ2) is 17.9. The Kier molecular flexibility index (Phi) is 17.7. The topological polar surface area (TPSA) is 140 Å². The summed E-state index contributed by atoms with van der Waals surface area (Å²) in [7, 11) is 0. The van der Waals surface area contributed by atoms with Gasteiger partial charge in [-0.25, -0.2) is 9.59 Å². The van der Waals surface area contributed by atoms with Crippen molar-refractivity contribution in [1.29, 1.82) is 0 Å². The van der Waals surface area contributed by atoms with Crippen LogP contribution in [0.15, 0.2) is 0 Å².